The number of amides is 1. The number of carbonyl (C=O) groups is 1. The van der Waals surface area contributed by atoms with Gasteiger partial charge >= 0.3 is 0 Å². The fourth-order valence-electron chi connectivity index (χ4n) is 3.97. The van der Waals surface area contributed by atoms with E-state index in [4.69, 9.17) is 23.2 Å². The lowest BCUT2D eigenvalue weighted by atomic mass is 9.79. The molecule has 2 bridgehead atoms. The van der Waals surface area contributed by atoms with Crippen molar-refractivity contribution in [1.82, 2.24) is 15.2 Å². The molecule has 3 saturated heterocycles. The third-order valence-electron chi connectivity index (χ3n) is 5.32. The Labute approximate surface area is 161 Å². The predicted octanol–water partition coefficient (Wildman–Crippen LogP) is 4.33. The molecule has 7 heteroatoms. The number of nitrogens with zero attached hydrogens (tertiary/aromatic N) is 2. The SMILES string of the molecule is C[C@H]1[C@H](NC(=O)c2ncc(-c3cc(Cl)cc(Cl)c3)s2)C2CCN1CC2. The first-order valence-corrected chi connectivity index (χ1v) is 10.1. The van der Waals surface area contributed by atoms with Gasteiger partial charge in [0.2, 0.25) is 0 Å². The molecule has 3 aliphatic heterocycles. The zero-order valence-electron chi connectivity index (χ0n) is 13.8. The number of piperidine rings is 3. The van der Waals surface area contributed by atoms with Crippen LogP contribution in [0.4, 0.5) is 0 Å². The molecule has 3 aliphatic rings. The Morgan fingerprint density at radius 1 is 1.24 bits per heavy atom. The van der Waals surface area contributed by atoms with Gasteiger partial charge in [0.1, 0.15) is 0 Å². The number of carbonyl (C=O) groups excluding carboxylic acids is 1. The second kappa shape index (κ2) is 6.88. The molecule has 0 unspecified atom stereocenters. The van der Waals surface area contributed by atoms with Crippen molar-refractivity contribution >= 4 is 40.4 Å². The van der Waals surface area contributed by atoms with Gasteiger partial charge in [-0.15, -0.1) is 11.3 Å². The molecule has 0 spiro atoms. The van der Waals surface area contributed by atoms with Gasteiger partial charge in [0, 0.05) is 28.3 Å². The van der Waals surface area contributed by atoms with E-state index in [-0.39, 0.29) is 11.9 Å². The molecule has 1 amide bonds. The summed E-state index contributed by atoms with van der Waals surface area (Å²) >= 11 is 13.5. The monoisotopic (exact) mass is 395 g/mol. The molecule has 0 saturated carbocycles. The number of thiazole rings is 1. The lowest BCUT2D eigenvalue weighted by Gasteiger charge is -2.49. The molecule has 2 aromatic rings. The summed E-state index contributed by atoms with van der Waals surface area (Å²) in [5, 5.41) is 4.84. The molecule has 1 aromatic heterocycles. The van der Waals surface area contributed by atoms with E-state index in [1.807, 2.05) is 12.1 Å². The molecule has 5 rings (SSSR count). The average Bonchev–Trinajstić information content (AvgIpc) is 3.08. The fourth-order valence-corrected chi connectivity index (χ4v) is 5.30. The summed E-state index contributed by atoms with van der Waals surface area (Å²) in [7, 11) is 0. The minimum atomic E-state index is -0.0880. The summed E-state index contributed by atoms with van der Waals surface area (Å²) in [5.41, 5.74) is 0.880. The number of aromatic nitrogens is 1. The van der Waals surface area contributed by atoms with Crippen molar-refractivity contribution in [3.05, 3.63) is 39.4 Å². The van der Waals surface area contributed by atoms with E-state index < -0.39 is 0 Å². The van der Waals surface area contributed by atoms with E-state index >= 15 is 0 Å². The first kappa shape index (κ1) is 17.3. The molecular formula is C18H19Cl2N3OS. The second-order valence-electron chi connectivity index (χ2n) is 6.80. The second-order valence-corrected chi connectivity index (χ2v) is 8.70. The van der Waals surface area contributed by atoms with Crippen molar-refractivity contribution in [1.29, 1.82) is 0 Å². The number of halogens is 2. The first-order valence-electron chi connectivity index (χ1n) is 8.48. The van der Waals surface area contributed by atoms with Gasteiger partial charge in [0.15, 0.2) is 5.01 Å². The average molecular weight is 396 g/mol. The maximum atomic E-state index is 12.7. The molecule has 1 aromatic carbocycles. The maximum absolute atomic E-state index is 12.7. The van der Waals surface area contributed by atoms with E-state index in [9.17, 15) is 4.79 Å². The number of rotatable bonds is 3. The van der Waals surface area contributed by atoms with Crippen molar-refractivity contribution in [3.8, 4) is 10.4 Å². The molecule has 3 fully saturated rings. The Morgan fingerprint density at radius 2 is 1.92 bits per heavy atom. The van der Waals surface area contributed by atoms with E-state index in [2.05, 4.69) is 22.1 Å². The Kier molecular flexibility index (Phi) is 4.75. The van der Waals surface area contributed by atoms with E-state index in [1.54, 1.807) is 12.3 Å². The highest BCUT2D eigenvalue weighted by atomic mass is 35.5. The molecule has 4 nitrogen and oxygen atoms in total. The summed E-state index contributed by atoms with van der Waals surface area (Å²) < 4.78 is 0. The van der Waals surface area contributed by atoms with E-state index in [0.717, 1.165) is 23.5 Å². The predicted molar refractivity (Wildman–Crippen MR) is 103 cm³/mol. The number of benzene rings is 1. The molecule has 25 heavy (non-hydrogen) atoms. The van der Waals surface area contributed by atoms with Crippen molar-refractivity contribution in [2.24, 2.45) is 5.92 Å². The molecule has 0 aliphatic carbocycles. The topological polar surface area (TPSA) is 45.2 Å². The standard InChI is InChI=1S/C18H19Cl2N3OS/c1-10-16(11-2-4-23(10)5-3-11)22-17(24)18-21-9-15(25-18)12-6-13(19)8-14(20)7-12/h6-11,16H,2-5H2,1H3,(H,22,24)/t10-,16-/m0/s1. The quantitative estimate of drug-likeness (QED) is 0.840. The summed E-state index contributed by atoms with van der Waals surface area (Å²) in [5.74, 6) is 0.491. The normalized spacial score (nSPS) is 28.1. The highest BCUT2D eigenvalue weighted by Gasteiger charge is 2.40. The fraction of sp³-hybridized carbons (Fsp3) is 0.444. The van der Waals surface area contributed by atoms with E-state index in [0.29, 0.717) is 27.0 Å². The van der Waals surface area contributed by atoms with Crippen LogP contribution in [0.5, 0.6) is 0 Å². The zero-order chi connectivity index (χ0) is 17.6. The van der Waals surface area contributed by atoms with Crippen LogP contribution in [-0.2, 0) is 0 Å². The molecular weight excluding hydrogens is 377 g/mol. The van der Waals surface area contributed by atoms with Crippen LogP contribution in [-0.4, -0.2) is 41.0 Å². The van der Waals surface area contributed by atoms with E-state index in [1.165, 1.54) is 24.2 Å². The largest absolute Gasteiger partial charge is 0.345 e. The lowest BCUT2D eigenvalue weighted by Crippen LogP contribution is -2.62. The minimum Gasteiger partial charge on any atom is -0.345 e. The summed E-state index contributed by atoms with van der Waals surface area (Å²) in [6.07, 6.45) is 4.04. The van der Waals surface area contributed by atoms with Crippen LogP contribution >= 0.6 is 34.5 Å². The Hall–Kier alpha value is -1.14. The van der Waals surface area contributed by atoms with Crippen LogP contribution in [0.15, 0.2) is 24.4 Å². The molecule has 1 N–H and O–H groups in total. The van der Waals surface area contributed by atoms with Crippen molar-refractivity contribution in [2.45, 2.75) is 31.8 Å². The highest BCUT2D eigenvalue weighted by molar-refractivity contribution is 7.17. The number of hydrogen-bond donors (Lipinski definition) is 1. The van der Waals surface area contributed by atoms with Crippen molar-refractivity contribution < 1.29 is 4.79 Å². The smallest absolute Gasteiger partial charge is 0.280 e. The van der Waals surface area contributed by atoms with Crippen LogP contribution in [0.2, 0.25) is 10.0 Å². The molecule has 4 heterocycles. The summed E-state index contributed by atoms with van der Waals surface area (Å²) in [6, 6.07) is 5.96. The molecule has 132 valence electrons. The highest BCUT2D eigenvalue weighted by Crippen LogP contribution is 2.33. The van der Waals surface area contributed by atoms with Crippen LogP contribution in [0, 0.1) is 5.92 Å². The summed E-state index contributed by atoms with van der Waals surface area (Å²) in [6.45, 7) is 4.50. The van der Waals surface area contributed by atoms with Gasteiger partial charge in [0.25, 0.3) is 5.91 Å². The van der Waals surface area contributed by atoms with Gasteiger partial charge in [0.05, 0.1) is 4.88 Å². The third-order valence-corrected chi connectivity index (χ3v) is 6.80. The van der Waals surface area contributed by atoms with Gasteiger partial charge < -0.3 is 5.32 Å². The third kappa shape index (κ3) is 3.43. The minimum absolute atomic E-state index is 0.0880. The number of nitrogens with one attached hydrogen (secondary N) is 1. The zero-order valence-corrected chi connectivity index (χ0v) is 16.2. The number of hydrogen-bond acceptors (Lipinski definition) is 4. The first-order chi connectivity index (χ1) is 12.0. The molecule has 2 atom stereocenters. The van der Waals surface area contributed by atoms with Crippen LogP contribution in [0.3, 0.4) is 0 Å². The number of fused-ring (bicyclic) bond motifs is 3. The van der Waals surface area contributed by atoms with Crippen molar-refractivity contribution in [3.63, 3.8) is 0 Å². The molecule has 0 radical (unpaired) electrons. The Balaban J connectivity index is 1.51. The van der Waals surface area contributed by atoms with Gasteiger partial charge in [-0.3, -0.25) is 9.69 Å². The summed E-state index contributed by atoms with van der Waals surface area (Å²) in [4.78, 5) is 20.3. The maximum Gasteiger partial charge on any atom is 0.280 e. The lowest BCUT2D eigenvalue weighted by molar-refractivity contribution is 0.0217. The van der Waals surface area contributed by atoms with Gasteiger partial charge in [-0.2, -0.15) is 0 Å². The van der Waals surface area contributed by atoms with Crippen LogP contribution in [0.25, 0.3) is 10.4 Å². The van der Waals surface area contributed by atoms with Crippen molar-refractivity contribution in [2.75, 3.05) is 13.1 Å². The Bertz CT molecular complexity index is 779. The van der Waals surface area contributed by atoms with Crippen LogP contribution < -0.4 is 5.32 Å². The van der Waals surface area contributed by atoms with Gasteiger partial charge in [-0.25, -0.2) is 4.98 Å². The van der Waals surface area contributed by atoms with Gasteiger partial charge in [-0.05, 0) is 62.5 Å². The van der Waals surface area contributed by atoms with Gasteiger partial charge in [-0.1, -0.05) is 23.2 Å². The Morgan fingerprint density at radius 3 is 2.56 bits per heavy atom. The van der Waals surface area contributed by atoms with Crippen LogP contribution in [0.1, 0.15) is 29.6 Å².